The number of nitrogens with one attached hydrogen (secondary N) is 2. The monoisotopic (exact) mass is 471 g/mol. The van der Waals surface area contributed by atoms with E-state index < -0.39 is 0 Å². The van der Waals surface area contributed by atoms with E-state index in [2.05, 4.69) is 27.6 Å². The molecule has 1 unspecified atom stereocenters. The number of nitrogens with zero attached hydrogens (tertiary/aromatic N) is 3. The number of ether oxygens (including phenoxy) is 1. The number of halogens is 1. The molecule has 0 amide bonds. The third kappa shape index (κ3) is 7.63. The molecular formula is C19H30IN5O. The fourth-order valence-corrected chi connectivity index (χ4v) is 2.38. The molecular weight excluding hydrogens is 441 g/mol. The van der Waals surface area contributed by atoms with Gasteiger partial charge in [0, 0.05) is 19.3 Å². The lowest BCUT2D eigenvalue weighted by Gasteiger charge is -2.16. The van der Waals surface area contributed by atoms with E-state index in [9.17, 15) is 0 Å². The maximum absolute atomic E-state index is 5.97. The van der Waals surface area contributed by atoms with Crippen LogP contribution in [-0.4, -0.2) is 41.5 Å². The molecule has 6 nitrogen and oxygen atoms in total. The highest BCUT2D eigenvalue weighted by atomic mass is 127. The third-order valence-electron chi connectivity index (χ3n) is 3.67. The number of benzene rings is 1. The fourth-order valence-electron chi connectivity index (χ4n) is 2.38. The summed E-state index contributed by atoms with van der Waals surface area (Å²) in [6.45, 7) is 11.2. The highest BCUT2D eigenvalue weighted by Gasteiger charge is 2.06. The molecule has 0 spiro atoms. The summed E-state index contributed by atoms with van der Waals surface area (Å²) in [5, 5.41) is 10.9. The first-order valence-corrected chi connectivity index (χ1v) is 8.82. The second-order valence-corrected chi connectivity index (χ2v) is 6.12. The standard InChI is InChI=1S/C19H29N5O.HI/c1-5-20-19(21-10-11-24-14-15(2)12-23-24)22-13-17(4)25-18-9-7-6-8-16(18)3;/h6-9,12,14,17H,5,10-11,13H2,1-4H3,(H2,20,21,22);1H. The molecule has 0 aliphatic rings. The summed E-state index contributed by atoms with van der Waals surface area (Å²) in [6.07, 6.45) is 3.90. The lowest BCUT2D eigenvalue weighted by molar-refractivity contribution is 0.228. The van der Waals surface area contributed by atoms with Crippen molar-refractivity contribution in [1.82, 2.24) is 20.4 Å². The van der Waals surface area contributed by atoms with Gasteiger partial charge in [-0.25, -0.2) is 4.99 Å². The first-order valence-electron chi connectivity index (χ1n) is 8.82. The molecule has 1 aromatic carbocycles. The summed E-state index contributed by atoms with van der Waals surface area (Å²) in [6, 6.07) is 8.04. The molecule has 1 heterocycles. The van der Waals surface area contributed by atoms with E-state index in [0.717, 1.165) is 36.9 Å². The van der Waals surface area contributed by atoms with Gasteiger partial charge >= 0.3 is 0 Å². The van der Waals surface area contributed by atoms with E-state index in [1.165, 1.54) is 5.56 Å². The van der Waals surface area contributed by atoms with Crippen LogP contribution in [0.1, 0.15) is 25.0 Å². The van der Waals surface area contributed by atoms with Gasteiger partial charge in [-0.15, -0.1) is 24.0 Å². The molecule has 2 N–H and O–H groups in total. The van der Waals surface area contributed by atoms with Crippen LogP contribution in [0.15, 0.2) is 41.7 Å². The van der Waals surface area contributed by atoms with Crippen LogP contribution in [0.3, 0.4) is 0 Å². The molecule has 1 atom stereocenters. The van der Waals surface area contributed by atoms with Gasteiger partial charge in [0.25, 0.3) is 0 Å². The van der Waals surface area contributed by atoms with Crippen molar-refractivity contribution in [1.29, 1.82) is 0 Å². The van der Waals surface area contributed by atoms with Crippen LogP contribution in [0.2, 0.25) is 0 Å². The van der Waals surface area contributed by atoms with Crippen LogP contribution in [-0.2, 0) is 6.54 Å². The number of aliphatic imine (C=N–C) groups is 1. The van der Waals surface area contributed by atoms with E-state index in [-0.39, 0.29) is 30.1 Å². The Morgan fingerprint density at radius 2 is 2.04 bits per heavy atom. The van der Waals surface area contributed by atoms with Gasteiger partial charge in [-0.1, -0.05) is 18.2 Å². The molecule has 26 heavy (non-hydrogen) atoms. The molecule has 2 aromatic rings. The van der Waals surface area contributed by atoms with Crippen molar-refractivity contribution in [3.63, 3.8) is 0 Å². The molecule has 0 aliphatic heterocycles. The Morgan fingerprint density at radius 3 is 2.69 bits per heavy atom. The largest absolute Gasteiger partial charge is 0.489 e. The number of aryl methyl sites for hydroxylation is 2. The number of guanidine groups is 1. The van der Waals surface area contributed by atoms with E-state index >= 15 is 0 Å². The average molecular weight is 471 g/mol. The SMILES string of the molecule is CCNC(=NCC(C)Oc1ccccc1C)NCCn1cc(C)cn1.I. The van der Waals surface area contributed by atoms with Gasteiger partial charge in [0.1, 0.15) is 11.9 Å². The topological polar surface area (TPSA) is 63.5 Å². The van der Waals surface area contributed by atoms with Gasteiger partial charge in [-0.05, 0) is 44.9 Å². The highest BCUT2D eigenvalue weighted by molar-refractivity contribution is 14.0. The summed E-state index contributed by atoms with van der Waals surface area (Å²) < 4.78 is 7.90. The number of aromatic nitrogens is 2. The van der Waals surface area contributed by atoms with E-state index in [1.807, 2.05) is 62.1 Å². The van der Waals surface area contributed by atoms with Crippen molar-refractivity contribution < 1.29 is 4.74 Å². The van der Waals surface area contributed by atoms with Crippen molar-refractivity contribution in [2.24, 2.45) is 4.99 Å². The maximum atomic E-state index is 5.97. The molecule has 0 bridgehead atoms. The zero-order valence-corrected chi connectivity index (χ0v) is 18.4. The molecule has 0 saturated heterocycles. The predicted octanol–water partition coefficient (Wildman–Crippen LogP) is 3.14. The second kappa shape index (κ2) is 11.8. The normalized spacial score (nSPS) is 12.2. The van der Waals surface area contributed by atoms with Crippen LogP contribution < -0.4 is 15.4 Å². The van der Waals surface area contributed by atoms with Gasteiger partial charge in [-0.2, -0.15) is 5.10 Å². The van der Waals surface area contributed by atoms with Crippen LogP contribution in [0.5, 0.6) is 5.75 Å². The number of rotatable bonds is 8. The Hall–Kier alpha value is -1.77. The van der Waals surface area contributed by atoms with Crippen molar-refractivity contribution >= 4 is 29.9 Å². The zero-order chi connectivity index (χ0) is 18.1. The Morgan fingerprint density at radius 1 is 1.27 bits per heavy atom. The first-order chi connectivity index (χ1) is 12.1. The van der Waals surface area contributed by atoms with Crippen molar-refractivity contribution in [2.45, 2.75) is 40.3 Å². The Balaban J connectivity index is 0.00000338. The lowest BCUT2D eigenvalue weighted by atomic mass is 10.2. The summed E-state index contributed by atoms with van der Waals surface area (Å²) in [5.41, 5.74) is 2.31. The van der Waals surface area contributed by atoms with E-state index in [4.69, 9.17) is 4.74 Å². The molecule has 144 valence electrons. The van der Waals surface area contributed by atoms with Gasteiger partial charge in [0.05, 0.1) is 19.3 Å². The fraction of sp³-hybridized carbons (Fsp3) is 0.474. The second-order valence-electron chi connectivity index (χ2n) is 6.12. The van der Waals surface area contributed by atoms with Crippen molar-refractivity contribution in [3.05, 3.63) is 47.8 Å². The minimum absolute atomic E-state index is 0. The molecule has 7 heteroatoms. The van der Waals surface area contributed by atoms with Crippen molar-refractivity contribution in [3.8, 4) is 5.75 Å². The molecule has 2 rings (SSSR count). The number of para-hydroxylation sites is 1. The predicted molar refractivity (Wildman–Crippen MR) is 118 cm³/mol. The summed E-state index contributed by atoms with van der Waals surface area (Å²) in [5.74, 6) is 1.71. The zero-order valence-electron chi connectivity index (χ0n) is 16.0. The number of hydrogen-bond acceptors (Lipinski definition) is 3. The molecule has 1 aromatic heterocycles. The smallest absolute Gasteiger partial charge is 0.191 e. The average Bonchev–Trinajstić information content (AvgIpc) is 3.00. The minimum Gasteiger partial charge on any atom is -0.489 e. The van der Waals surface area contributed by atoms with Crippen LogP contribution in [0.25, 0.3) is 0 Å². The third-order valence-corrected chi connectivity index (χ3v) is 3.67. The van der Waals surface area contributed by atoms with E-state index in [0.29, 0.717) is 6.54 Å². The molecule has 0 radical (unpaired) electrons. The van der Waals surface area contributed by atoms with Gasteiger partial charge in [-0.3, -0.25) is 4.68 Å². The van der Waals surface area contributed by atoms with Crippen LogP contribution >= 0.6 is 24.0 Å². The van der Waals surface area contributed by atoms with Crippen molar-refractivity contribution in [2.75, 3.05) is 19.6 Å². The van der Waals surface area contributed by atoms with Crippen LogP contribution in [0, 0.1) is 13.8 Å². The molecule has 0 aliphatic carbocycles. The van der Waals surface area contributed by atoms with Gasteiger partial charge in [0.2, 0.25) is 0 Å². The first kappa shape index (κ1) is 22.3. The van der Waals surface area contributed by atoms with Gasteiger partial charge < -0.3 is 15.4 Å². The van der Waals surface area contributed by atoms with Gasteiger partial charge in [0.15, 0.2) is 5.96 Å². The quantitative estimate of drug-likeness (QED) is 0.353. The molecule has 0 fully saturated rings. The number of hydrogen-bond donors (Lipinski definition) is 2. The van der Waals surface area contributed by atoms with E-state index in [1.54, 1.807) is 0 Å². The Labute approximate surface area is 173 Å². The minimum atomic E-state index is 0. The highest BCUT2D eigenvalue weighted by Crippen LogP contribution is 2.17. The summed E-state index contributed by atoms with van der Waals surface area (Å²) >= 11 is 0. The van der Waals surface area contributed by atoms with Crippen LogP contribution in [0.4, 0.5) is 0 Å². The Bertz CT molecular complexity index is 686. The maximum Gasteiger partial charge on any atom is 0.191 e. The summed E-state index contributed by atoms with van der Waals surface area (Å²) in [7, 11) is 0. The molecule has 0 saturated carbocycles. The lowest BCUT2D eigenvalue weighted by Crippen LogP contribution is -2.39. The Kier molecular flexibility index (Phi) is 10.1. The summed E-state index contributed by atoms with van der Waals surface area (Å²) in [4.78, 5) is 4.62.